The minimum absolute atomic E-state index is 0.0121. The third kappa shape index (κ3) is 2.16. The maximum absolute atomic E-state index is 11.8. The van der Waals surface area contributed by atoms with E-state index in [-0.39, 0.29) is 24.3 Å². The quantitative estimate of drug-likeness (QED) is 0.790. The molecule has 0 radical (unpaired) electrons. The summed E-state index contributed by atoms with van der Waals surface area (Å²) in [4.78, 5) is 22.9. The van der Waals surface area contributed by atoms with E-state index in [9.17, 15) is 9.59 Å². The number of hydrogen-bond acceptors (Lipinski definition) is 4. The summed E-state index contributed by atoms with van der Waals surface area (Å²) in [6.45, 7) is 1.51. The molecule has 1 saturated heterocycles. The number of ketones is 1. The number of benzene rings is 1. The van der Waals surface area contributed by atoms with Gasteiger partial charge >= 0.3 is 5.97 Å². The van der Waals surface area contributed by atoms with Crippen LogP contribution in [0.3, 0.4) is 0 Å². The number of hydrogen-bond donors (Lipinski definition) is 0. The lowest BCUT2D eigenvalue weighted by atomic mass is 9.82. The third-order valence-corrected chi connectivity index (χ3v) is 3.95. The second-order valence-corrected chi connectivity index (χ2v) is 5.28. The molecule has 104 valence electrons. The maximum Gasteiger partial charge on any atom is 0.302 e. The summed E-state index contributed by atoms with van der Waals surface area (Å²) in [6, 6.07) is 9.90. The predicted molar refractivity (Wildman–Crippen MR) is 72.2 cm³/mol. The van der Waals surface area contributed by atoms with Crippen LogP contribution in [-0.4, -0.2) is 30.1 Å². The van der Waals surface area contributed by atoms with Crippen LogP contribution in [0, 0.1) is 0 Å². The molecule has 4 nitrogen and oxygen atoms in total. The van der Waals surface area contributed by atoms with Gasteiger partial charge in [-0.05, 0) is 24.1 Å². The second kappa shape index (κ2) is 4.87. The fourth-order valence-corrected chi connectivity index (χ4v) is 2.97. The van der Waals surface area contributed by atoms with Crippen molar-refractivity contribution in [1.29, 1.82) is 0 Å². The van der Waals surface area contributed by atoms with E-state index >= 15 is 0 Å². The van der Waals surface area contributed by atoms with Crippen molar-refractivity contribution in [3.63, 3.8) is 0 Å². The molecule has 4 heteroatoms. The van der Waals surface area contributed by atoms with Gasteiger partial charge in [0.2, 0.25) is 0 Å². The van der Waals surface area contributed by atoms with Gasteiger partial charge in [-0.25, -0.2) is 0 Å². The zero-order valence-electron chi connectivity index (χ0n) is 11.2. The molecule has 0 saturated carbocycles. The highest BCUT2D eigenvalue weighted by Gasteiger charge is 2.52. The first-order valence-electron chi connectivity index (χ1n) is 6.70. The van der Waals surface area contributed by atoms with Crippen LogP contribution < -0.4 is 0 Å². The van der Waals surface area contributed by atoms with Crippen LogP contribution >= 0.6 is 0 Å². The molecule has 0 N–H and O–H groups in total. The van der Waals surface area contributed by atoms with E-state index in [0.29, 0.717) is 6.42 Å². The first kappa shape index (κ1) is 13.1. The Morgan fingerprint density at radius 1 is 1.40 bits per heavy atom. The van der Waals surface area contributed by atoms with Gasteiger partial charge in [0.15, 0.2) is 5.78 Å². The van der Waals surface area contributed by atoms with Crippen LogP contribution in [0.4, 0.5) is 0 Å². The molecule has 2 heterocycles. The van der Waals surface area contributed by atoms with E-state index in [1.807, 2.05) is 30.3 Å². The Morgan fingerprint density at radius 3 is 2.85 bits per heavy atom. The second-order valence-electron chi connectivity index (χ2n) is 5.28. The van der Waals surface area contributed by atoms with Crippen molar-refractivity contribution in [1.82, 2.24) is 0 Å². The van der Waals surface area contributed by atoms with Crippen LogP contribution in [0.5, 0.6) is 0 Å². The summed E-state index contributed by atoms with van der Waals surface area (Å²) in [5.41, 5.74) is 0.382. The van der Waals surface area contributed by atoms with Gasteiger partial charge < -0.3 is 9.47 Å². The van der Waals surface area contributed by atoms with Crippen molar-refractivity contribution >= 4 is 11.8 Å². The van der Waals surface area contributed by atoms with E-state index in [1.165, 1.54) is 6.92 Å². The Hall–Kier alpha value is -1.94. The molecule has 0 aromatic heterocycles. The lowest BCUT2D eigenvalue weighted by Crippen LogP contribution is -2.41. The molecule has 2 aliphatic rings. The summed E-state index contributed by atoms with van der Waals surface area (Å²) in [5, 5.41) is 0. The Morgan fingerprint density at radius 2 is 2.15 bits per heavy atom. The first-order valence-corrected chi connectivity index (χ1v) is 6.70. The maximum atomic E-state index is 11.8. The highest BCUT2D eigenvalue weighted by atomic mass is 16.6. The van der Waals surface area contributed by atoms with Crippen molar-refractivity contribution < 1.29 is 19.1 Å². The van der Waals surface area contributed by atoms with Gasteiger partial charge in [0.25, 0.3) is 0 Å². The number of carbonyl (C=O) groups excluding carboxylic acids is 2. The van der Waals surface area contributed by atoms with Crippen LogP contribution in [-0.2, 0) is 19.1 Å². The highest BCUT2D eigenvalue weighted by molar-refractivity contribution is 5.95. The standard InChI is InChI=1S/C16H16O4/c1-11(17)19-10-16-8-7-14(18)15(20-16)9-13(16)12-5-3-2-4-6-12/h2-8,13,15H,9-10H2,1H3/t13-,15+,16-/m0/s1. The molecule has 0 aliphatic carbocycles. The molecule has 0 amide bonds. The SMILES string of the molecule is CC(=O)OC[C@@]12C=CC(=O)[C@@H](C[C@H]1c1ccccc1)O2. The van der Waals surface area contributed by atoms with E-state index in [0.717, 1.165) is 5.56 Å². The molecule has 2 bridgehead atoms. The molecule has 20 heavy (non-hydrogen) atoms. The van der Waals surface area contributed by atoms with Crippen molar-refractivity contribution in [3.05, 3.63) is 48.0 Å². The summed E-state index contributed by atoms with van der Waals surface area (Å²) in [6.07, 6.45) is 3.50. The van der Waals surface area contributed by atoms with Crippen molar-refractivity contribution in [2.75, 3.05) is 6.61 Å². The molecule has 1 fully saturated rings. The van der Waals surface area contributed by atoms with E-state index < -0.39 is 11.7 Å². The molecule has 2 aliphatic heterocycles. The smallest absolute Gasteiger partial charge is 0.302 e. The number of rotatable bonds is 3. The zero-order valence-corrected chi connectivity index (χ0v) is 11.2. The average Bonchev–Trinajstić information content (AvgIpc) is 2.78. The average molecular weight is 272 g/mol. The van der Waals surface area contributed by atoms with Gasteiger partial charge in [0, 0.05) is 12.8 Å². The fraction of sp³-hybridized carbons (Fsp3) is 0.375. The first-order chi connectivity index (χ1) is 9.61. The molecular formula is C16H16O4. The number of fused-ring (bicyclic) bond motifs is 2. The summed E-state index contributed by atoms with van der Waals surface area (Å²) >= 11 is 0. The van der Waals surface area contributed by atoms with Gasteiger partial charge in [-0.3, -0.25) is 9.59 Å². The molecule has 0 unspecified atom stereocenters. The molecule has 3 atom stereocenters. The van der Waals surface area contributed by atoms with Crippen molar-refractivity contribution in [2.24, 2.45) is 0 Å². The van der Waals surface area contributed by atoms with E-state index in [1.54, 1.807) is 12.2 Å². The Kier molecular flexibility index (Phi) is 3.18. The zero-order chi connectivity index (χ0) is 14.2. The third-order valence-electron chi connectivity index (χ3n) is 3.95. The molecular weight excluding hydrogens is 256 g/mol. The Labute approximate surface area is 117 Å². The van der Waals surface area contributed by atoms with Gasteiger partial charge in [-0.15, -0.1) is 0 Å². The van der Waals surface area contributed by atoms with Crippen LogP contribution in [0.25, 0.3) is 0 Å². The van der Waals surface area contributed by atoms with Gasteiger partial charge in [-0.1, -0.05) is 30.3 Å². The largest absolute Gasteiger partial charge is 0.462 e. The van der Waals surface area contributed by atoms with Crippen LogP contribution in [0.15, 0.2) is 42.5 Å². The lowest BCUT2D eigenvalue weighted by Gasteiger charge is -2.32. The highest BCUT2D eigenvalue weighted by Crippen LogP contribution is 2.47. The van der Waals surface area contributed by atoms with E-state index in [2.05, 4.69) is 0 Å². The summed E-state index contributed by atoms with van der Waals surface area (Å²) in [5.74, 6) is -0.332. The monoisotopic (exact) mass is 272 g/mol. The molecule has 0 spiro atoms. The lowest BCUT2D eigenvalue weighted by molar-refractivity contribution is -0.151. The number of ether oxygens (including phenoxy) is 2. The van der Waals surface area contributed by atoms with Gasteiger partial charge in [0.1, 0.15) is 18.3 Å². The minimum atomic E-state index is -0.717. The van der Waals surface area contributed by atoms with Crippen LogP contribution in [0.1, 0.15) is 24.8 Å². The van der Waals surface area contributed by atoms with E-state index in [4.69, 9.17) is 9.47 Å². The normalized spacial score (nSPS) is 31.4. The van der Waals surface area contributed by atoms with Crippen molar-refractivity contribution in [2.45, 2.75) is 31.0 Å². The summed E-state index contributed by atoms with van der Waals surface area (Å²) in [7, 11) is 0. The minimum Gasteiger partial charge on any atom is -0.462 e. The molecule has 1 aromatic rings. The number of esters is 1. The number of carbonyl (C=O) groups is 2. The Bertz CT molecular complexity index is 563. The summed E-state index contributed by atoms with van der Waals surface area (Å²) < 4.78 is 11.1. The van der Waals surface area contributed by atoms with Gasteiger partial charge in [-0.2, -0.15) is 0 Å². The topological polar surface area (TPSA) is 52.6 Å². The fourth-order valence-electron chi connectivity index (χ4n) is 2.97. The predicted octanol–water partition coefficient (Wildman–Crippen LogP) is 2.00. The van der Waals surface area contributed by atoms with Crippen molar-refractivity contribution in [3.8, 4) is 0 Å². The van der Waals surface area contributed by atoms with Gasteiger partial charge in [0.05, 0.1) is 0 Å². The molecule has 1 aromatic carbocycles. The molecule has 3 rings (SSSR count). The van der Waals surface area contributed by atoms with Crippen LogP contribution in [0.2, 0.25) is 0 Å². The Balaban J connectivity index is 1.95.